The number of rotatable bonds is 8. The van der Waals surface area contributed by atoms with Gasteiger partial charge in [0.1, 0.15) is 17.2 Å². The van der Waals surface area contributed by atoms with Gasteiger partial charge in [0.2, 0.25) is 5.95 Å². The van der Waals surface area contributed by atoms with Gasteiger partial charge >= 0.3 is 0 Å². The van der Waals surface area contributed by atoms with Crippen LogP contribution in [0.15, 0.2) is 53.2 Å². The van der Waals surface area contributed by atoms with Crippen LogP contribution in [0, 0.1) is 0 Å². The van der Waals surface area contributed by atoms with Crippen molar-refractivity contribution in [1.82, 2.24) is 35.3 Å². The number of pyridine rings is 1. The van der Waals surface area contributed by atoms with Crippen LogP contribution in [0.25, 0.3) is 11.5 Å². The lowest BCUT2D eigenvalue weighted by molar-refractivity contribution is 0.0747. The van der Waals surface area contributed by atoms with Gasteiger partial charge in [-0.05, 0) is 63.5 Å². The summed E-state index contributed by atoms with van der Waals surface area (Å²) in [5, 5.41) is 24.1. The van der Waals surface area contributed by atoms with Crippen molar-refractivity contribution in [2.24, 2.45) is 0 Å². The molecule has 3 saturated heterocycles. The first-order valence-corrected chi connectivity index (χ1v) is 14.0. The van der Waals surface area contributed by atoms with Crippen LogP contribution >= 0.6 is 0 Å². The van der Waals surface area contributed by atoms with Gasteiger partial charge in [-0.3, -0.25) is 4.79 Å². The van der Waals surface area contributed by atoms with Gasteiger partial charge in [-0.25, -0.2) is 9.97 Å². The third-order valence-electron chi connectivity index (χ3n) is 8.50. The van der Waals surface area contributed by atoms with E-state index in [2.05, 4.69) is 36.0 Å². The van der Waals surface area contributed by atoms with Crippen LogP contribution in [0.1, 0.15) is 65.7 Å². The zero-order valence-corrected chi connectivity index (χ0v) is 22.7. The number of fused-ring (bicyclic) bond motifs is 4. The Morgan fingerprint density at radius 3 is 2.61 bits per heavy atom. The number of nitrogens with one attached hydrogen (secondary N) is 3. The summed E-state index contributed by atoms with van der Waals surface area (Å²) in [6.07, 6.45) is 4.69. The molecule has 1 unspecified atom stereocenters. The fourth-order valence-corrected chi connectivity index (χ4v) is 6.03. The maximum atomic E-state index is 12.1. The van der Waals surface area contributed by atoms with Gasteiger partial charge in [0.25, 0.3) is 11.8 Å². The van der Waals surface area contributed by atoms with Crippen LogP contribution in [-0.4, -0.2) is 67.2 Å². The van der Waals surface area contributed by atoms with E-state index in [4.69, 9.17) is 14.5 Å². The van der Waals surface area contributed by atoms with Crippen molar-refractivity contribution in [3.63, 3.8) is 0 Å². The number of nitrogens with zero attached hydrogens (tertiary/aromatic N) is 6. The van der Waals surface area contributed by atoms with Crippen LogP contribution in [0.4, 0.5) is 17.6 Å². The van der Waals surface area contributed by atoms with Crippen molar-refractivity contribution in [2.45, 2.75) is 43.7 Å². The number of aliphatic hydroxyl groups excluding tert-OH is 1. The second-order valence-corrected chi connectivity index (χ2v) is 11.0. The topological polar surface area (TPSA) is 154 Å². The molecule has 2 atom stereocenters. The van der Waals surface area contributed by atoms with Gasteiger partial charge in [-0.2, -0.15) is 9.97 Å². The standard InChI is InChI=1S/C29H31N9O3/c1-17-23-19(25(40)31-17)7-8-22(33-23)34-28-30-15-20(24(35-28)32-21(16-39)18-5-3-2-4-6-18)26-36-27(37-41-26)29-9-12-38(13-10-29)14-11-29/h2-8,15,17,21,39H,9-14,16H2,1H3,(H,31,40)(H2,30,32,33,34,35)/t17?,21-/m1/s1. The maximum Gasteiger partial charge on any atom is 0.263 e. The molecule has 41 heavy (non-hydrogen) atoms. The van der Waals surface area contributed by atoms with E-state index in [0.29, 0.717) is 34.3 Å². The van der Waals surface area contributed by atoms with Crippen molar-refractivity contribution in [3.8, 4) is 11.5 Å². The van der Waals surface area contributed by atoms with E-state index in [1.54, 1.807) is 18.3 Å². The van der Waals surface area contributed by atoms with E-state index >= 15 is 0 Å². The SMILES string of the molecule is CC1NC(=O)c2ccc(Nc3ncc(-c4nc(C56CCN(CC5)CC6)no4)c(N[C@H](CO)c4ccccc4)n3)nc21. The molecule has 3 aromatic heterocycles. The number of piperidine rings is 3. The number of carbonyl (C=O) groups is 1. The molecular weight excluding hydrogens is 522 g/mol. The van der Waals surface area contributed by atoms with E-state index < -0.39 is 6.04 Å². The Balaban J connectivity index is 1.23. The molecule has 1 amide bonds. The third kappa shape index (κ3) is 4.68. The number of anilines is 3. The predicted octanol–water partition coefficient (Wildman–Crippen LogP) is 3.35. The van der Waals surface area contributed by atoms with E-state index in [9.17, 15) is 9.90 Å². The fourth-order valence-electron chi connectivity index (χ4n) is 6.03. The van der Waals surface area contributed by atoms with Crippen molar-refractivity contribution in [2.75, 3.05) is 36.9 Å². The molecule has 12 nitrogen and oxygen atoms in total. The van der Waals surface area contributed by atoms with Crippen LogP contribution < -0.4 is 16.0 Å². The van der Waals surface area contributed by atoms with Gasteiger partial charge in [-0.1, -0.05) is 35.5 Å². The molecule has 1 aromatic carbocycles. The molecular formula is C29H31N9O3. The first-order chi connectivity index (χ1) is 20.0. The average molecular weight is 554 g/mol. The van der Waals surface area contributed by atoms with Crippen molar-refractivity contribution in [3.05, 3.63) is 71.3 Å². The normalized spacial score (nSPS) is 23.6. The Morgan fingerprint density at radius 1 is 1.07 bits per heavy atom. The molecule has 0 radical (unpaired) electrons. The molecule has 8 rings (SSSR count). The number of carbonyl (C=O) groups excluding carboxylic acids is 1. The quantitative estimate of drug-likeness (QED) is 0.254. The van der Waals surface area contributed by atoms with Crippen LogP contribution in [0.2, 0.25) is 0 Å². The van der Waals surface area contributed by atoms with Gasteiger partial charge in [0, 0.05) is 11.6 Å². The zero-order chi connectivity index (χ0) is 28.0. The highest BCUT2D eigenvalue weighted by atomic mass is 16.5. The molecule has 0 spiro atoms. The molecule has 4 aromatic rings. The minimum Gasteiger partial charge on any atom is -0.394 e. The molecule has 4 aliphatic heterocycles. The van der Waals surface area contributed by atoms with Crippen molar-refractivity contribution < 1.29 is 14.4 Å². The highest BCUT2D eigenvalue weighted by Gasteiger charge is 2.44. The summed E-state index contributed by atoms with van der Waals surface area (Å²) in [6, 6.07) is 12.5. The summed E-state index contributed by atoms with van der Waals surface area (Å²) in [5.74, 6) is 2.16. The average Bonchev–Trinajstić information content (AvgIpc) is 3.62. The van der Waals surface area contributed by atoms with E-state index in [1.807, 2.05) is 37.3 Å². The minimum absolute atomic E-state index is 0.0588. The van der Waals surface area contributed by atoms with Gasteiger partial charge in [-0.15, -0.1) is 0 Å². The lowest BCUT2D eigenvalue weighted by atomic mass is 9.71. The summed E-state index contributed by atoms with van der Waals surface area (Å²) in [4.78, 5) is 33.3. The van der Waals surface area contributed by atoms with Gasteiger partial charge < -0.3 is 30.5 Å². The monoisotopic (exact) mass is 553 g/mol. The Hall–Kier alpha value is -4.42. The van der Waals surface area contributed by atoms with Gasteiger partial charge in [0.15, 0.2) is 5.82 Å². The lowest BCUT2D eigenvalue weighted by Gasteiger charge is -2.46. The molecule has 7 heterocycles. The Kier molecular flexibility index (Phi) is 6.36. The molecule has 0 saturated carbocycles. The largest absolute Gasteiger partial charge is 0.394 e. The molecule has 12 heteroatoms. The summed E-state index contributed by atoms with van der Waals surface area (Å²) in [6.45, 7) is 4.89. The molecule has 4 aliphatic rings. The lowest BCUT2D eigenvalue weighted by Crippen LogP contribution is -2.51. The molecule has 0 aliphatic carbocycles. The first kappa shape index (κ1) is 25.5. The number of benzene rings is 1. The van der Waals surface area contributed by atoms with Gasteiger partial charge in [0.05, 0.1) is 29.9 Å². The highest BCUT2D eigenvalue weighted by Crippen LogP contribution is 2.42. The summed E-state index contributed by atoms with van der Waals surface area (Å²) in [7, 11) is 0. The summed E-state index contributed by atoms with van der Waals surface area (Å²) >= 11 is 0. The van der Waals surface area contributed by atoms with Crippen LogP contribution in [0.3, 0.4) is 0 Å². The molecule has 210 valence electrons. The zero-order valence-electron chi connectivity index (χ0n) is 22.7. The number of hydrogen-bond donors (Lipinski definition) is 4. The first-order valence-electron chi connectivity index (χ1n) is 14.0. The van der Waals surface area contributed by atoms with Crippen LogP contribution in [-0.2, 0) is 5.41 Å². The number of aromatic nitrogens is 5. The van der Waals surface area contributed by atoms with E-state index in [1.165, 1.54) is 0 Å². The third-order valence-corrected chi connectivity index (χ3v) is 8.50. The molecule has 3 fully saturated rings. The van der Waals surface area contributed by atoms with E-state index in [0.717, 1.165) is 50.3 Å². The Bertz CT molecular complexity index is 1570. The minimum atomic E-state index is -0.433. The smallest absolute Gasteiger partial charge is 0.263 e. The second kappa shape index (κ2) is 10.2. The van der Waals surface area contributed by atoms with Crippen LogP contribution in [0.5, 0.6) is 0 Å². The van der Waals surface area contributed by atoms with Crippen molar-refractivity contribution in [1.29, 1.82) is 0 Å². The number of amides is 1. The molecule has 2 bridgehead atoms. The van der Waals surface area contributed by atoms with Crippen molar-refractivity contribution >= 4 is 23.5 Å². The Morgan fingerprint density at radius 2 is 1.85 bits per heavy atom. The van der Waals surface area contributed by atoms with E-state index in [-0.39, 0.29) is 29.9 Å². The maximum absolute atomic E-state index is 12.1. The summed E-state index contributed by atoms with van der Waals surface area (Å²) in [5.41, 5.74) is 2.62. The Labute approximate surface area is 236 Å². The second-order valence-electron chi connectivity index (χ2n) is 11.0. The summed E-state index contributed by atoms with van der Waals surface area (Å²) < 4.78 is 5.81. The highest BCUT2D eigenvalue weighted by molar-refractivity contribution is 5.98. The number of aliphatic hydroxyl groups is 1. The fraction of sp³-hybridized carbons (Fsp3) is 0.379. The predicted molar refractivity (Wildman–Crippen MR) is 151 cm³/mol. The number of hydrogen-bond acceptors (Lipinski definition) is 11. The molecule has 4 N–H and O–H groups in total.